The van der Waals surface area contributed by atoms with Gasteiger partial charge in [0, 0.05) is 31.1 Å². The number of aromatic nitrogens is 2. The molecule has 3 heterocycles. The molecule has 1 unspecified atom stereocenters. The zero-order valence-electron chi connectivity index (χ0n) is 18.2. The molecule has 8 heteroatoms. The van der Waals surface area contributed by atoms with Crippen LogP contribution in [0.1, 0.15) is 19.7 Å². The Labute approximate surface area is 186 Å². The maximum absolute atomic E-state index is 12.6. The first kappa shape index (κ1) is 21.7. The van der Waals surface area contributed by atoms with E-state index in [9.17, 15) is 4.79 Å². The lowest BCUT2D eigenvalue weighted by Gasteiger charge is -2.26. The molecule has 1 saturated heterocycles. The van der Waals surface area contributed by atoms with Gasteiger partial charge in [0.1, 0.15) is 22.5 Å². The molecule has 7 nitrogen and oxygen atoms in total. The topological polar surface area (TPSA) is 79.4 Å². The van der Waals surface area contributed by atoms with Crippen molar-refractivity contribution < 1.29 is 9.53 Å². The normalized spacial score (nSPS) is 15.9. The van der Waals surface area contributed by atoms with Gasteiger partial charge in [0.05, 0.1) is 25.1 Å². The number of thiophene rings is 1. The summed E-state index contributed by atoms with van der Waals surface area (Å²) in [4.78, 5) is 25.6. The number of carbonyl (C=O) groups is 1. The molecular weight excluding hydrogens is 410 g/mol. The number of anilines is 1. The predicted molar refractivity (Wildman–Crippen MR) is 125 cm³/mol. The van der Waals surface area contributed by atoms with Gasteiger partial charge in [-0.3, -0.25) is 9.69 Å². The minimum atomic E-state index is -0.386. The van der Waals surface area contributed by atoms with Crippen molar-refractivity contribution in [1.82, 2.24) is 20.2 Å². The van der Waals surface area contributed by atoms with Crippen LogP contribution in [-0.2, 0) is 16.1 Å². The van der Waals surface area contributed by atoms with E-state index in [-0.39, 0.29) is 17.9 Å². The van der Waals surface area contributed by atoms with Gasteiger partial charge in [-0.05, 0) is 11.5 Å². The molecule has 3 aromatic rings. The Hall–Kier alpha value is -2.55. The van der Waals surface area contributed by atoms with E-state index in [0.29, 0.717) is 6.54 Å². The standard InChI is InChI=1S/C23H29N5O2S/c1-15(2)20(22(29)24-3)27-21-19-17(16-7-5-4-6-8-16)14-31-23(19)26-18(25-21)13-28-9-11-30-12-10-28/h4-8,14-15,20H,9-13H2,1-3H3,(H,24,29)(H,25,26,27). The fourth-order valence-corrected chi connectivity index (χ4v) is 4.75. The second-order valence-corrected chi connectivity index (χ2v) is 8.91. The van der Waals surface area contributed by atoms with Crippen molar-refractivity contribution in [3.8, 4) is 11.1 Å². The molecule has 1 aromatic carbocycles. The first-order valence-electron chi connectivity index (χ1n) is 10.7. The largest absolute Gasteiger partial charge is 0.379 e. The number of fused-ring (bicyclic) bond motifs is 1. The highest BCUT2D eigenvalue weighted by Gasteiger charge is 2.25. The zero-order chi connectivity index (χ0) is 21.8. The van der Waals surface area contributed by atoms with Crippen LogP contribution in [0.15, 0.2) is 35.7 Å². The lowest BCUT2D eigenvalue weighted by atomic mass is 10.0. The molecule has 0 saturated carbocycles. The molecule has 1 aliphatic heterocycles. The van der Waals surface area contributed by atoms with Crippen molar-refractivity contribution in [3.05, 3.63) is 41.5 Å². The number of amides is 1. The molecule has 31 heavy (non-hydrogen) atoms. The second kappa shape index (κ2) is 9.72. The summed E-state index contributed by atoms with van der Waals surface area (Å²) < 4.78 is 5.46. The smallest absolute Gasteiger partial charge is 0.242 e. The number of carbonyl (C=O) groups excluding carboxylic acids is 1. The number of nitrogens with one attached hydrogen (secondary N) is 2. The summed E-state index contributed by atoms with van der Waals surface area (Å²) in [7, 11) is 1.67. The summed E-state index contributed by atoms with van der Waals surface area (Å²) in [6.07, 6.45) is 0. The maximum Gasteiger partial charge on any atom is 0.242 e. The Balaban J connectivity index is 1.78. The van der Waals surface area contributed by atoms with Crippen molar-refractivity contribution in [2.45, 2.75) is 26.4 Å². The number of ether oxygens (including phenoxy) is 1. The highest BCUT2D eigenvalue weighted by molar-refractivity contribution is 7.17. The van der Waals surface area contributed by atoms with Crippen LogP contribution in [0.3, 0.4) is 0 Å². The molecule has 0 spiro atoms. The number of nitrogens with zero attached hydrogens (tertiary/aromatic N) is 3. The number of benzene rings is 1. The van der Waals surface area contributed by atoms with Crippen molar-refractivity contribution in [1.29, 1.82) is 0 Å². The van der Waals surface area contributed by atoms with Crippen molar-refractivity contribution >= 4 is 33.3 Å². The SMILES string of the molecule is CNC(=O)C(Nc1nc(CN2CCOCC2)nc2scc(-c3ccccc3)c12)C(C)C. The van der Waals surface area contributed by atoms with E-state index in [0.717, 1.165) is 59.3 Å². The van der Waals surface area contributed by atoms with Crippen LogP contribution >= 0.6 is 11.3 Å². The van der Waals surface area contributed by atoms with Crippen molar-refractivity contribution in [2.24, 2.45) is 5.92 Å². The highest BCUT2D eigenvalue weighted by atomic mass is 32.1. The first-order valence-corrected chi connectivity index (χ1v) is 11.6. The number of hydrogen-bond donors (Lipinski definition) is 2. The van der Waals surface area contributed by atoms with E-state index < -0.39 is 0 Å². The molecule has 0 radical (unpaired) electrons. The average molecular weight is 440 g/mol. The third kappa shape index (κ3) is 4.87. The lowest BCUT2D eigenvalue weighted by molar-refractivity contribution is -0.122. The number of hydrogen-bond acceptors (Lipinski definition) is 7. The van der Waals surface area contributed by atoms with Crippen LogP contribution < -0.4 is 10.6 Å². The van der Waals surface area contributed by atoms with Gasteiger partial charge in [0.2, 0.25) is 5.91 Å². The monoisotopic (exact) mass is 439 g/mol. The van der Waals surface area contributed by atoms with Gasteiger partial charge in [-0.25, -0.2) is 9.97 Å². The maximum atomic E-state index is 12.6. The Morgan fingerprint density at radius 1 is 1.19 bits per heavy atom. The van der Waals surface area contributed by atoms with Gasteiger partial charge < -0.3 is 15.4 Å². The van der Waals surface area contributed by atoms with Gasteiger partial charge in [-0.1, -0.05) is 44.2 Å². The van der Waals surface area contributed by atoms with E-state index in [1.54, 1.807) is 18.4 Å². The molecule has 1 amide bonds. The first-order chi connectivity index (χ1) is 15.1. The molecule has 0 bridgehead atoms. The molecule has 1 atom stereocenters. The Bertz CT molecular complexity index is 1030. The molecule has 2 aromatic heterocycles. The molecular formula is C23H29N5O2S. The van der Waals surface area contributed by atoms with Crippen LogP contribution in [-0.4, -0.2) is 60.2 Å². The molecule has 0 aliphatic carbocycles. The summed E-state index contributed by atoms with van der Waals surface area (Å²) in [6, 6.07) is 9.86. The van der Waals surface area contributed by atoms with Gasteiger partial charge >= 0.3 is 0 Å². The molecule has 2 N–H and O–H groups in total. The van der Waals surface area contributed by atoms with Crippen molar-refractivity contribution in [3.63, 3.8) is 0 Å². The van der Waals surface area contributed by atoms with Crippen molar-refractivity contribution in [2.75, 3.05) is 38.7 Å². The third-order valence-corrected chi connectivity index (χ3v) is 6.39. The molecule has 1 aliphatic rings. The number of rotatable bonds is 7. The van der Waals surface area contributed by atoms with E-state index in [2.05, 4.69) is 33.0 Å². The van der Waals surface area contributed by atoms with E-state index in [1.807, 2.05) is 32.0 Å². The predicted octanol–water partition coefficient (Wildman–Crippen LogP) is 3.37. The van der Waals surface area contributed by atoms with Crippen LogP contribution in [0.2, 0.25) is 0 Å². The van der Waals surface area contributed by atoms with Gasteiger partial charge in [0.15, 0.2) is 0 Å². The van der Waals surface area contributed by atoms with Crippen LogP contribution in [0.4, 0.5) is 5.82 Å². The minimum absolute atomic E-state index is 0.0482. The molecule has 1 fully saturated rings. The van der Waals surface area contributed by atoms with Crippen LogP contribution in [0.5, 0.6) is 0 Å². The summed E-state index contributed by atoms with van der Waals surface area (Å²) in [5.74, 6) is 1.54. The summed E-state index contributed by atoms with van der Waals surface area (Å²) in [5.41, 5.74) is 2.20. The highest BCUT2D eigenvalue weighted by Crippen LogP contribution is 2.37. The van der Waals surface area contributed by atoms with E-state index in [1.165, 1.54) is 0 Å². The number of likely N-dealkylation sites (N-methyl/N-ethyl adjacent to an activating group) is 1. The minimum Gasteiger partial charge on any atom is -0.379 e. The van der Waals surface area contributed by atoms with Crippen LogP contribution in [0.25, 0.3) is 21.3 Å². The van der Waals surface area contributed by atoms with Gasteiger partial charge in [-0.15, -0.1) is 11.3 Å². The molecule has 164 valence electrons. The summed E-state index contributed by atoms with van der Waals surface area (Å²) in [6.45, 7) is 7.94. The fourth-order valence-electron chi connectivity index (χ4n) is 3.79. The molecule has 4 rings (SSSR count). The van der Waals surface area contributed by atoms with Gasteiger partial charge in [-0.2, -0.15) is 0 Å². The summed E-state index contributed by atoms with van der Waals surface area (Å²) in [5, 5.41) is 9.31. The quantitative estimate of drug-likeness (QED) is 0.588. The Morgan fingerprint density at radius 3 is 2.61 bits per heavy atom. The average Bonchev–Trinajstić information content (AvgIpc) is 3.22. The Morgan fingerprint density at radius 2 is 1.94 bits per heavy atom. The summed E-state index contributed by atoms with van der Waals surface area (Å²) >= 11 is 1.61. The zero-order valence-corrected chi connectivity index (χ0v) is 19.0. The van der Waals surface area contributed by atoms with Crippen LogP contribution in [0, 0.1) is 5.92 Å². The lowest BCUT2D eigenvalue weighted by Crippen LogP contribution is -2.41. The second-order valence-electron chi connectivity index (χ2n) is 8.05. The Kier molecular flexibility index (Phi) is 6.80. The fraction of sp³-hybridized carbons (Fsp3) is 0.435. The van der Waals surface area contributed by atoms with E-state index in [4.69, 9.17) is 14.7 Å². The van der Waals surface area contributed by atoms with E-state index >= 15 is 0 Å². The van der Waals surface area contributed by atoms with Gasteiger partial charge in [0.25, 0.3) is 0 Å². The third-order valence-electron chi connectivity index (χ3n) is 5.52. The number of morpholine rings is 1.